The number of carbonyl (C=O) groups excluding carboxylic acids is 3. The van der Waals surface area contributed by atoms with Crippen LogP contribution >= 0.6 is 0 Å². The SMILES string of the molecule is Cc1ccccc1CNC(=O)O[C@@H](C)C(=O)NC1C(=O)N(C)c2ccccc2-c2ccccc21. The van der Waals surface area contributed by atoms with Gasteiger partial charge in [0.2, 0.25) is 0 Å². The number of likely N-dealkylation sites (N-methyl/N-ethyl adjacent to an activating group) is 1. The quantitative estimate of drug-likeness (QED) is 0.604. The molecule has 1 heterocycles. The van der Waals surface area contributed by atoms with Gasteiger partial charge in [0.25, 0.3) is 11.8 Å². The first kappa shape index (κ1) is 23.0. The molecule has 2 N–H and O–H groups in total. The van der Waals surface area contributed by atoms with E-state index in [4.69, 9.17) is 4.74 Å². The lowest BCUT2D eigenvalue weighted by molar-refractivity contribution is -0.132. The summed E-state index contributed by atoms with van der Waals surface area (Å²) < 4.78 is 5.27. The van der Waals surface area contributed by atoms with Gasteiger partial charge in [-0.15, -0.1) is 0 Å². The second-order valence-corrected chi connectivity index (χ2v) is 8.27. The number of carbonyl (C=O) groups is 3. The highest BCUT2D eigenvalue weighted by atomic mass is 16.6. The number of amides is 3. The van der Waals surface area contributed by atoms with E-state index in [1.54, 1.807) is 11.9 Å². The fraction of sp³-hybridized carbons (Fsp3) is 0.222. The van der Waals surface area contributed by atoms with Crippen molar-refractivity contribution in [3.05, 3.63) is 89.5 Å². The Morgan fingerprint density at radius 2 is 1.62 bits per heavy atom. The number of nitrogens with zero attached hydrogens (tertiary/aromatic N) is 1. The zero-order chi connectivity index (χ0) is 24.2. The van der Waals surface area contributed by atoms with Gasteiger partial charge < -0.3 is 20.3 Å². The molecule has 7 nitrogen and oxygen atoms in total. The van der Waals surface area contributed by atoms with Crippen LogP contribution in [0.25, 0.3) is 11.1 Å². The number of hydrogen-bond donors (Lipinski definition) is 2. The van der Waals surface area contributed by atoms with Gasteiger partial charge in [-0.25, -0.2) is 4.79 Å². The molecule has 0 fully saturated rings. The summed E-state index contributed by atoms with van der Waals surface area (Å²) in [6, 6.07) is 21.9. The van der Waals surface area contributed by atoms with Gasteiger partial charge in [-0.2, -0.15) is 0 Å². The predicted molar refractivity (Wildman–Crippen MR) is 130 cm³/mol. The molecular formula is C27H27N3O4. The van der Waals surface area contributed by atoms with E-state index >= 15 is 0 Å². The van der Waals surface area contributed by atoms with Gasteiger partial charge in [0.05, 0.1) is 5.69 Å². The van der Waals surface area contributed by atoms with Gasteiger partial charge >= 0.3 is 6.09 Å². The van der Waals surface area contributed by atoms with Crippen molar-refractivity contribution in [2.24, 2.45) is 0 Å². The summed E-state index contributed by atoms with van der Waals surface area (Å²) in [6.45, 7) is 3.72. The third-order valence-electron chi connectivity index (χ3n) is 6.03. The van der Waals surface area contributed by atoms with Crippen molar-refractivity contribution in [1.29, 1.82) is 0 Å². The van der Waals surface area contributed by atoms with E-state index in [1.165, 1.54) is 6.92 Å². The second-order valence-electron chi connectivity index (χ2n) is 8.27. The minimum absolute atomic E-state index is 0.276. The molecule has 1 aliphatic rings. The number of alkyl carbamates (subject to hydrolysis) is 1. The molecule has 7 heteroatoms. The zero-order valence-electron chi connectivity index (χ0n) is 19.4. The van der Waals surface area contributed by atoms with Crippen molar-refractivity contribution in [2.75, 3.05) is 11.9 Å². The number of rotatable bonds is 5. The number of nitrogens with one attached hydrogen (secondary N) is 2. The Balaban J connectivity index is 1.47. The average molecular weight is 458 g/mol. The van der Waals surface area contributed by atoms with Gasteiger partial charge in [-0.3, -0.25) is 9.59 Å². The average Bonchev–Trinajstić information content (AvgIpc) is 2.93. The van der Waals surface area contributed by atoms with Crippen LogP contribution in [-0.4, -0.2) is 31.1 Å². The number of hydrogen-bond acceptors (Lipinski definition) is 4. The molecule has 0 radical (unpaired) electrons. The minimum atomic E-state index is -1.09. The van der Waals surface area contributed by atoms with Crippen LogP contribution in [0, 0.1) is 6.92 Å². The van der Waals surface area contributed by atoms with E-state index in [-0.39, 0.29) is 12.5 Å². The standard InChI is InChI=1S/C27H27N3O4/c1-17-10-4-5-11-19(17)16-28-27(33)34-18(2)25(31)29-24-22-14-7-6-12-20(22)21-13-8-9-15-23(21)30(3)26(24)32/h4-15,18,24H,16H2,1-3H3,(H,28,33)(H,29,31)/t18-,24?/m0/s1. The zero-order valence-corrected chi connectivity index (χ0v) is 19.4. The molecule has 0 saturated heterocycles. The molecule has 2 atom stereocenters. The van der Waals surface area contributed by atoms with E-state index in [0.29, 0.717) is 5.56 Å². The first-order valence-corrected chi connectivity index (χ1v) is 11.1. The molecular weight excluding hydrogens is 430 g/mol. The molecule has 1 unspecified atom stereocenters. The van der Waals surface area contributed by atoms with Crippen molar-refractivity contribution < 1.29 is 19.1 Å². The Hall–Kier alpha value is -4.13. The highest BCUT2D eigenvalue weighted by Crippen LogP contribution is 2.39. The minimum Gasteiger partial charge on any atom is -0.436 e. The van der Waals surface area contributed by atoms with Crippen LogP contribution in [0.5, 0.6) is 0 Å². The maximum absolute atomic E-state index is 13.3. The summed E-state index contributed by atoms with van der Waals surface area (Å²) in [5.41, 5.74) is 5.23. The van der Waals surface area contributed by atoms with Crippen molar-refractivity contribution in [3.8, 4) is 11.1 Å². The number of benzene rings is 3. The Morgan fingerprint density at radius 1 is 0.971 bits per heavy atom. The van der Waals surface area contributed by atoms with Crippen LogP contribution in [-0.2, 0) is 20.9 Å². The number of aryl methyl sites for hydroxylation is 1. The van der Waals surface area contributed by atoms with Crippen LogP contribution in [0.1, 0.15) is 29.7 Å². The van der Waals surface area contributed by atoms with E-state index in [1.807, 2.05) is 79.7 Å². The van der Waals surface area contributed by atoms with Gasteiger partial charge in [-0.05, 0) is 42.2 Å². The highest BCUT2D eigenvalue weighted by molar-refractivity contribution is 6.06. The van der Waals surface area contributed by atoms with Crippen molar-refractivity contribution in [1.82, 2.24) is 10.6 Å². The van der Waals surface area contributed by atoms with E-state index in [0.717, 1.165) is 27.9 Å². The Labute approximate surface area is 198 Å². The fourth-order valence-corrected chi connectivity index (χ4v) is 4.06. The van der Waals surface area contributed by atoms with E-state index in [9.17, 15) is 14.4 Å². The number of anilines is 1. The van der Waals surface area contributed by atoms with E-state index < -0.39 is 24.1 Å². The Kier molecular flexibility index (Phi) is 6.63. The van der Waals surface area contributed by atoms with Crippen molar-refractivity contribution in [3.63, 3.8) is 0 Å². The lowest BCUT2D eigenvalue weighted by Crippen LogP contribution is -2.45. The van der Waals surface area contributed by atoms with Crippen molar-refractivity contribution in [2.45, 2.75) is 32.5 Å². The summed E-state index contributed by atoms with van der Waals surface area (Å²) in [7, 11) is 1.69. The summed E-state index contributed by atoms with van der Waals surface area (Å²) >= 11 is 0. The topological polar surface area (TPSA) is 87.7 Å². The van der Waals surface area contributed by atoms with Gasteiger partial charge in [-0.1, -0.05) is 66.7 Å². The number of fused-ring (bicyclic) bond motifs is 3. The summed E-state index contributed by atoms with van der Waals surface area (Å²) in [4.78, 5) is 40.1. The lowest BCUT2D eigenvalue weighted by Gasteiger charge is -2.24. The van der Waals surface area contributed by atoms with Crippen molar-refractivity contribution >= 4 is 23.6 Å². The molecule has 0 aromatic heterocycles. The Bertz CT molecular complexity index is 1240. The molecule has 0 spiro atoms. The molecule has 3 aromatic carbocycles. The Morgan fingerprint density at radius 3 is 2.38 bits per heavy atom. The maximum atomic E-state index is 13.3. The molecule has 34 heavy (non-hydrogen) atoms. The summed E-state index contributed by atoms with van der Waals surface area (Å²) in [6.07, 6.45) is -1.80. The molecule has 4 rings (SSSR count). The number of ether oxygens (including phenoxy) is 1. The third-order valence-corrected chi connectivity index (χ3v) is 6.03. The van der Waals surface area contributed by atoms with Crippen LogP contribution in [0.4, 0.5) is 10.5 Å². The highest BCUT2D eigenvalue weighted by Gasteiger charge is 2.34. The van der Waals surface area contributed by atoms with Crippen LogP contribution in [0.2, 0.25) is 0 Å². The number of para-hydroxylation sites is 1. The first-order chi connectivity index (χ1) is 16.4. The largest absolute Gasteiger partial charge is 0.436 e. The van der Waals surface area contributed by atoms with E-state index in [2.05, 4.69) is 10.6 Å². The van der Waals surface area contributed by atoms with Gasteiger partial charge in [0.1, 0.15) is 6.04 Å². The molecule has 174 valence electrons. The normalized spacial score (nSPS) is 15.4. The van der Waals surface area contributed by atoms with Gasteiger partial charge in [0.15, 0.2) is 6.10 Å². The fourth-order valence-electron chi connectivity index (χ4n) is 4.06. The maximum Gasteiger partial charge on any atom is 0.408 e. The van der Waals surface area contributed by atoms with Gasteiger partial charge in [0, 0.05) is 19.2 Å². The van der Waals surface area contributed by atoms with Crippen LogP contribution < -0.4 is 15.5 Å². The molecule has 0 bridgehead atoms. The molecule has 0 saturated carbocycles. The first-order valence-electron chi connectivity index (χ1n) is 11.1. The monoisotopic (exact) mass is 457 g/mol. The van der Waals surface area contributed by atoms with Crippen LogP contribution in [0.3, 0.4) is 0 Å². The van der Waals surface area contributed by atoms with Crippen LogP contribution in [0.15, 0.2) is 72.8 Å². The second kappa shape index (κ2) is 9.79. The molecule has 3 aromatic rings. The molecule has 0 aliphatic carbocycles. The third kappa shape index (κ3) is 4.64. The summed E-state index contributed by atoms with van der Waals surface area (Å²) in [5, 5.41) is 5.45. The molecule has 3 amide bonds. The summed E-state index contributed by atoms with van der Waals surface area (Å²) in [5.74, 6) is -0.833. The predicted octanol–water partition coefficient (Wildman–Crippen LogP) is 4.11. The lowest BCUT2D eigenvalue weighted by atomic mass is 9.95. The molecule has 1 aliphatic heterocycles. The smallest absolute Gasteiger partial charge is 0.408 e.